The van der Waals surface area contributed by atoms with Crippen LogP contribution >= 0.6 is 11.6 Å². The molecule has 1 aromatic carbocycles. The normalized spacial score (nSPS) is 11.2. The molecule has 0 atom stereocenters. The highest BCUT2D eigenvalue weighted by Gasteiger charge is 2.07. The van der Waals surface area contributed by atoms with Crippen molar-refractivity contribution in [3.05, 3.63) is 76.9 Å². The summed E-state index contributed by atoms with van der Waals surface area (Å²) >= 11 is 6.12. The van der Waals surface area contributed by atoms with Gasteiger partial charge in [0, 0.05) is 10.6 Å². The number of aryl methyl sites for hydroxylation is 1. The van der Waals surface area contributed by atoms with Gasteiger partial charge in [-0.05, 0) is 55.0 Å². The van der Waals surface area contributed by atoms with Crippen LogP contribution in [0.2, 0.25) is 5.02 Å². The minimum absolute atomic E-state index is 0.207. The summed E-state index contributed by atoms with van der Waals surface area (Å²) in [6.07, 6.45) is 4.50. The molecular weight excluding hydrogens is 300 g/mol. The molecule has 3 nitrogen and oxygen atoms in total. The van der Waals surface area contributed by atoms with Crippen LogP contribution in [0.25, 0.3) is 17.4 Å². The van der Waals surface area contributed by atoms with Gasteiger partial charge in [0.25, 0.3) is 0 Å². The third-order valence-electron chi connectivity index (χ3n) is 3.25. The zero-order chi connectivity index (χ0) is 15.5. The lowest BCUT2D eigenvalue weighted by molar-refractivity contribution is 0.102. The van der Waals surface area contributed by atoms with Crippen molar-refractivity contribution in [3.63, 3.8) is 0 Å². The van der Waals surface area contributed by atoms with Gasteiger partial charge in [0.05, 0.1) is 6.26 Å². The monoisotopic (exact) mass is 312 g/mol. The van der Waals surface area contributed by atoms with Crippen LogP contribution in [0.15, 0.2) is 63.6 Å². The molecule has 0 aliphatic heterocycles. The molecule has 0 fully saturated rings. The van der Waals surface area contributed by atoms with E-state index in [9.17, 15) is 4.79 Å². The molecule has 0 aliphatic rings. The molecule has 0 saturated heterocycles. The van der Waals surface area contributed by atoms with Crippen molar-refractivity contribution in [3.8, 4) is 11.3 Å². The number of carbonyl (C=O) groups excluding carboxylic acids is 1. The number of hydrogen-bond donors (Lipinski definition) is 0. The molecule has 2 heterocycles. The Morgan fingerprint density at radius 1 is 1.18 bits per heavy atom. The van der Waals surface area contributed by atoms with E-state index in [0.717, 1.165) is 11.1 Å². The first-order valence-corrected chi connectivity index (χ1v) is 7.13. The van der Waals surface area contributed by atoms with Gasteiger partial charge in [0.1, 0.15) is 11.5 Å². The summed E-state index contributed by atoms with van der Waals surface area (Å²) in [6, 6.07) is 12.7. The van der Waals surface area contributed by atoms with E-state index in [1.165, 1.54) is 12.3 Å². The summed E-state index contributed by atoms with van der Waals surface area (Å²) in [4.78, 5) is 11.8. The van der Waals surface area contributed by atoms with Gasteiger partial charge in [-0.2, -0.15) is 0 Å². The van der Waals surface area contributed by atoms with E-state index >= 15 is 0 Å². The Morgan fingerprint density at radius 3 is 2.77 bits per heavy atom. The molecule has 3 aromatic rings. The number of benzene rings is 1. The Bertz CT molecular complexity index is 826. The van der Waals surface area contributed by atoms with Crippen molar-refractivity contribution in [2.75, 3.05) is 0 Å². The third kappa shape index (κ3) is 3.05. The second-order valence-corrected chi connectivity index (χ2v) is 5.25. The fraction of sp³-hybridized carbons (Fsp3) is 0.0556. The Morgan fingerprint density at radius 2 is 2.05 bits per heavy atom. The van der Waals surface area contributed by atoms with Crippen LogP contribution in [0.1, 0.15) is 21.9 Å². The van der Waals surface area contributed by atoms with Crippen LogP contribution in [-0.4, -0.2) is 5.78 Å². The van der Waals surface area contributed by atoms with Crippen LogP contribution in [0.4, 0.5) is 0 Å². The molecule has 0 saturated carbocycles. The van der Waals surface area contributed by atoms with Gasteiger partial charge in [-0.3, -0.25) is 4.79 Å². The predicted octanol–water partition coefficient (Wildman–Crippen LogP) is 5.40. The van der Waals surface area contributed by atoms with Gasteiger partial charge in [-0.1, -0.05) is 23.7 Å². The van der Waals surface area contributed by atoms with Crippen LogP contribution in [-0.2, 0) is 0 Å². The van der Waals surface area contributed by atoms with Crippen molar-refractivity contribution in [2.24, 2.45) is 0 Å². The van der Waals surface area contributed by atoms with E-state index in [2.05, 4.69) is 0 Å². The number of ketones is 1. The van der Waals surface area contributed by atoms with Crippen molar-refractivity contribution in [2.45, 2.75) is 6.92 Å². The zero-order valence-corrected chi connectivity index (χ0v) is 12.6. The lowest BCUT2D eigenvalue weighted by Gasteiger charge is -2.00. The summed E-state index contributed by atoms with van der Waals surface area (Å²) in [7, 11) is 0. The van der Waals surface area contributed by atoms with Gasteiger partial charge < -0.3 is 8.83 Å². The maximum Gasteiger partial charge on any atom is 0.221 e. The maximum absolute atomic E-state index is 11.8. The number of allylic oxidation sites excluding steroid dienone is 1. The average Bonchev–Trinajstić information content (AvgIpc) is 3.19. The summed E-state index contributed by atoms with van der Waals surface area (Å²) in [6.45, 7) is 1.95. The molecular formula is C18H13ClO3. The van der Waals surface area contributed by atoms with Crippen molar-refractivity contribution in [1.82, 2.24) is 0 Å². The molecule has 0 unspecified atom stereocenters. The van der Waals surface area contributed by atoms with Gasteiger partial charge in [0.2, 0.25) is 5.78 Å². The minimum Gasteiger partial charge on any atom is -0.461 e. The number of hydrogen-bond acceptors (Lipinski definition) is 3. The lowest BCUT2D eigenvalue weighted by atomic mass is 10.1. The van der Waals surface area contributed by atoms with E-state index in [0.29, 0.717) is 22.3 Å². The highest BCUT2D eigenvalue weighted by Crippen LogP contribution is 2.27. The van der Waals surface area contributed by atoms with Gasteiger partial charge >= 0.3 is 0 Å². The topological polar surface area (TPSA) is 43.4 Å². The number of furan rings is 2. The quantitative estimate of drug-likeness (QED) is 0.478. The molecule has 0 N–H and O–H groups in total. The molecule has 2 aromatic heterocycles. The van der Waals surface area contributed by atoms with Crippen LogP contribution in [0, 0.1) is 6.92 Å². The highest BCUT2D eigenvalue weighted by molar-refractivity contribution is 6.31. The Kier molecular flexibility index (Phi) is 3.98. The molecule has 4 heteroatoms. The van der Waals surface area contributed by atoms with Gasteiger partial charge in [-0.25, -0.2) is 0 Å². The zero-order valence-electron chi connectivity index (χ0n) is 11.9. The lowest BCUT2D eigenvalue weighted by Crippen LogP contribution is -1.89. The molecule has 0 aliphatic carbocycles. The molecule has 0 bridgehead atoms. The summed E-state index contributed by atoms with van der Waals surface area (Å²) < 4.78 is 10.7. The predicted molar refractivity (Wildman–Crippen MR) is 86.0 cm³/mol. The smallest absolute Gasteiger partial charge is 0.221 e. The Balaban J connectivity index is 1.79. The number of halogens is 1. The van der Waals surface area contributed by atoms with Crippen molar-refractivity contribution < 1.29 is 13.6 Å². The van der Waals surface area contributed by atoms with Gasteiger partial charge in [0.15, 0.2) is 5.76 Å². The number of carbonyl (C=O) groups is 1. The fourth-order valence-corrected chi connectivity index (χ4v) is 2.18. The van der Waals surface area contributed by atoms with Crippen molar-refractivity contribution in [1.29, 1.82) is 0 Å². The highest BCUT2D eigenvalue weighted by atomic mass is 35.5. The first kappa shape index (κ1) is 14.4. The Labute approximate surface area is 132 Å². The van der Waals surface area contributed by atoms with Gasteiger partial charge in [-0.15, -0.1) is 0 Å². The molecule has 0 radical (unpaired) electrons. The summed E-state index contributed by atoms with van der Waals surface area (Å²) in [5.74, 6) is 1.38. The molecule has 22 heavy (non-hydrogen) atoms. The van der Waals surface area contributed by atoms with Crippen LogP contribution in [0.5, 0.6) is 0 Å². The first-order valence-electron chi connectivity index (χ1n) is 6.76. The van der Waals surface area contributed by atoms with E-state index in [1.807, 2.05) is 31.2 Å². The van der Waals surface area contributed by atoms with E-state index < -0.39 is 0 Å². The first-order chi connectivity index (χ1) is 10.6. The van der Waals surface area contributed by atoms with E-state index in [-0.39, 0.29) is 5.78 Å². The SMILES string of the molecule is Cc1ccc(-c2ccc(C=CC(=O)c3ccco3)o2)cc1Cl. The fourth-order valence-electron chi connectivity index (χ4n) is 2.00. The largest absolute Gasteiger partial charge is 0.461 e. The second-order valence-electron chi connectivity index (χ2n) is 4.84. The number of rotatable bonds is 4. The second kappa shape index (κ2) is 6.08. The standard InChI is InChI=1S/C18H13ClO3/c1-12-4-5-13(11-15(12)19)17-9-7-14(22-17)6-8-16(20)18-3-2-10-21-18/h2-11H,1H3. The van der Waals surface area contributed by atoms with E-state index in [1.54, 1.807) is 24.3 Å². The summed E-state index contributed by atoms with van der Waals surface area (Å²) in [5.41, 5.74) is 1.91. The van der Waals surface area contributed by atoms with Crippen LogP contribution in [0.3, 0.4) is 0 Å². The van der Waals surface area contributed by atoms with Crippen LogP contribution < -0.4 is 0 Å². The summed E-state index contributed by atoms with van der Waals surface area (Å²) in [5, 5.41) is 0.694. The molecule has 0 spiro atoms. The minimum atomic E-state index is -0.207. The molecule has 110 valence electrons. The molecule has 0 amide bonds. The maximum atomic E-state index is 11.8. The molecule has 3 rings (SSSR count). The third-order valence-corrected chi connectivity index (χ3v) is 3.65. The Hall–Kier alpha value is -2.52. The van der Waals surface area contributed by atoms with E-state index in [4.69, 9.17) is 20.4 Å². The van der Waals surface area contributed by atoms with Crippen molar-refractivity contribution >= 4 is 23.5 Å². The average molecular weight is 313 g/mol.